The van der Waals surface area contributed by atoms with Gasteiger partial charge in [-0.1, -0.05) is 12.1 Å². The Kier molecular flexibility index (Phi) is 12.4. The third kappa shape index (κ3) is 9.92. The lowest BCUT2D eigenvalue weighted by molar-refractivity contribution is 0.0377. The summed E-state index contributed by atoms with van der Waals surface area (Å²) in [6.45, 7) is 7.21. The molecule has 0 atom stereocenters. The molecule has 2 heterocycles. The van der Waals surface area contributed by atoms with E-state index in [0.717, 1.165) is 89.2 Å². The van der Waals surface area contributed by atoms with Crippen molar-refractivity contribution in [2.24, 2.45) is 4.99 Å². The second-order valence-corrected chi connectivity index (χ2v) is 7.32. The Morgan fingerprint density at radius 1 is 1.06 bits per heavy atom. The molecule has 7 nitrogen and oxygen atoms in total. The maximum absolute atomic E-state index is 5.41. The van der Waals surface area contributed by atoms with Gasteiger partial charge in [0.25, 0.3) is 0 Å². The van der Waals surface area contributed by atoms with E-state index in [0.29, 0.717) is 0 Å². The van der Waals surface area contributed by atoms with Crippen LogP contribution in [0.15, 0.2) is 52.1 Å². The monoisotopic (exact) mass is 542 g/mol. The molecule has 1 fully saturated rings. The van der Waals surface area contributed by atoms with Gasteiger partial charge >= 0.3 is 0 Å². The first-order valence-corrected chi connectivity index (χ1v) is 10.8. The molecule has 1 aliphatic heterocycles. The quantitative estimate of drug-likeness (QED) is 0.197. The van der Waals surface area contributed by atoms with Crippen molar-refractivity contribution in [3.8, 4) is 5.75 Å². The van der Waals surface area contributed by atoms with Crippen LogP contribution in [-0.4, -0.2) is 70.5 Å². The molecule has 2 N–H and O–H groups in total. The molecule has 0 unspecified atom stereocenters. The van der Waals surface area contributed by atoms with Gasteiger partial charge in [0.1, 0.15) is 11.5 Å². The molecule has 31 heavy (non-hydrogen) atoms. The molecule has 0 spiro atoms. The predicted octanol–water partition coefficient (Wildman–Crippen LogP) is 2.95. The summed E-state index contributed by atoms with van der Waals surface area (Å²) in [6.07, 6.45) is 4.52. The summed E-state index contributed by atoms with van der Waals surface area (Å²) in [7, 11) is 1.69. The van der Waals surface area contributed by atoms with E-state index < -0.39 is 0 Å². The van der Waals surface area contributed by atoms with Crippen LogP contribution in [0.4, 0.5) is 0 Å². The van der Waals surface area contributed by atoms with Gasteiger partial charge in [-0.05, 0) is 42.7 Å². The molecule has 0 radical (unpaired) electrons. The standard InChI is InChI=1S/C23H34N4O3.HI/c1-28-21-7-5-20(6-8-21)9-12-25-23(26-13-10-22-4-2-17-30-22)24-11-3-14-27-15-18-29-19-16-27;/h2,4-8,17H,3,9-16,18-19H2,1H3,(H2,24,25,26);1H. The van der Waals surface area contributed by atoms with Gasteiger partial charge in [0, 0.05) is 45.7 Å². The van der Waals surface area contributed by atoms with Crippen molar-refractivity contribution >= 4 is 29.9 Å². The van der Waals surface area contributed by atoms with Crippen LogP contribution in [0.5, 0.6) is 5.75 Å². The summed E-state index contributed by atoms with van der Waals surface area (Å²) in [6, 6.07) is 12.1. The lowest BCUT2D eigenvalue weighted by atomic mass is 10.1. The van der Waals surface area contributed by atoms with Gasteiger partial charge in [-0.2, -0.15) is 0 Å². The first-order valence-electron chi connectivity index (χ1n) is 10.8. The summed E-state index contributed by atoms with van der Waals surface area (Å²) in [5.74, 6) is 2.72. The normalized spacial score (nSPS) is 14.7. The summed E-state index contributed by atoms with van der Waals surface area (Å²) >= 11 is 0. The second kappa shape index (κ2) is 15.1. The molecule has 0 bridgehead atoms. The zero-order valence-electron chi connectivity index (χ0n) is 18.3. The maximum Gasteiger partial charge on any atom is 0.191 e. The highest BCUT2D eigenvalue weighted by molar-refractivity contribution is 14.0. The molecule has 1 saturated heterocycles. The molecule has 8 heteroatoms. The Morgan fingerprint density at radius 2 is 1.81 bits per heavy atom. The Labute approximate surface area is 202 Å². The number of halogens is 1. The molecule has 0 saturated carbocycles. The number of hydrogen-bond acceptors (Lipinski definition) is 5. The van der Waals surface area contributed by atoms with Crippen LogP contribution in [-0.2, 0) is 17.6 Å². The fraction of sp³-hybridized carbons (Fsp3) is 0.522. The molecule has 3 rings (SSSR count). The van der Waals surface area contributed by atoms with Gasteiger partial charge in [0.2, 0.25) is 0 Å². The first-order chi connectivity index (χ1) is 14.8. The number of rotatable bonds is 11. The zero-order valence-corrected chi connectivity index (χ0v) is 20.7. The number of aliphatic imine (C=N–C) groups is 1. The van der Waals surface area contributed by atoms with Crippen LogP contribution in [0.3, 0.4) is 0 Å². The highest BCUT2D eigenvalue weighted by Crippen LogP contribution is 2.11. The van der Waals surface area contributed by atoms with Crippen molar-refractivity contribution in [1.82, 2.24) is 15.5 Å². The number of methoxy groups -OCH3 is 1. The summed E-state index contributed by atoms with van der Waals surface area (Å²) in [4.78, 5) is 7.22. The summed E-state index contributed by atoms with van der Waals surface area (Å²) in [5, 5.41) is 6.89. The maximum atomic E-state index is 5.41. The Hall–Kier alpha value is -1.78. The van der Waals surface area contributed by atoms with E-state index in [9.17, 15) is 0 Å². The van der Waals surface area contributed by atoms with E-state index in [1.54, 1.807) is 13.4 Å². The third-order valence-electron chi connectivity index (χ3n) is 5.12. The molecule has 2 aromatic rings. The van der Waals surface area contributed by atoms with E-state index in [-0.39, 0.29) is 24.0 Å². The number of benzene rings is 1. The molecule has 0 aliphatic carbocycles. The Morgan fingerprint density at radius 3 is 2.48 bits per heavy atom. The second-order valence-electron chi connectivity index (χ2n) is 7.32. The lowest BCUT2D eigenvalue weighted by Gasteiger charge is -2.26. The van der Waals surface area contributed by atoms with Crippen molar-refractivity contribution in [2.45, 2.75) is 19.3 Å². The molecule has 172 valence electrons. The minimum Gasteiger partial charge on any atom is -0.497 e. The number of nitrogens with one attached hydrogen (secondary N) is 2. The van der Waals surface area contributed by atoms with Crippen molar-refractivity contribution in [2.75, 3.05) is 59.6 Å². The highest BCUT2D eigenvalue weighted by atomic mass is 127. The largest absolute Gasteiger partial charge is 0.497 e. The predicted molar refractivity (Wildman–Crippen MR) is 135 cm³/mol. The van der Waals surface area contributed by atoms with Gasteiger partial charge in [-0.15, -0.1) is 24.0 Å². The van der Waals surface area contributed by atoms with Gasteiger partial charge in [-0.3, -0.25) is 9.89 Å². The van der Waals surface area contributed by atoms with Crippen molar-refractivity contribution in [1.29, 1.82) is 0 Å². The molecule has 1 aromatic carbocycles. The third-order valence-corrected chi connectivity index (χ3v) is 5.12. The minimum absolute atomic E-state index is 0. The Balaban J connectivity index is 0.00000341. The molecular weight excluding hydrogens is 507 g/mol. The molecular formula is C23H35IN4O3. The average molecular weight is 542 g/mol. The molecule has 0 amide bonds. The van der Waals surface area contributed by atoms with Crippen LogP contribution in [0.25, 0.3) is 0 Å². The lowest BCUT2D eigenvalue weighted by Crippen LogP contribution is -2.40. The topological polar surface area (TPSA) is 71.3 Å². The van der Waals surface area contributed by atoms with E-state index in [1.807, 2.05) is 24.3 Å². The smallest absolute Gasteiger partial charge is 0.191 e. The highest BCUT2D eigenvalue weighted by Gasteiger charge is 2.09. The van der Waals surface area contributed by atoms with Crippen LogP contribution in [0.1, 0.15) is 17.7 Å². The first kappa shape index (κ1) is 25.5. The summed E-state index contributed by atoms with van der Waals surface area (Å²) < 4.78 is 16.0. The number of nitrogens with zero attached hydrogens (tertiary/aromatic N) is 2. The van der Waals surface area contributed by atoms with Crippen LogP contribution >= 0.6 is 24.0 Å². The van der Waals surface area contributed by atoms with Crippen molar-refractivity contribution in [3.05, 3.63) is 54.0 Å². The van der Waals surface area contributed by atoms with Crippen molar-refractivity contribution in [3.63, 3.8) is 0 Å². The van der Waals surface area contributed by atoms with E-state index in [4.69, 9.17) is 18.9 Å². The number of morpholine rings is 1. The van der Waals surface area contributed by atoms with Gasteiger partial charge in [0.05, 0.1) is 26.6 Å². The Bertz CT molecular complexity index is 732. The fourth-order valence-corrected chi connectivity index (χ4v) is 3.36. The van der Waals surface area contributed by atoms with Crippen LogP contribution < -0.4 is 15.4 Å². The van der Waals surface area contributed by atoms with E-state index >= 15 is 0 Å². The van der Waals surface area contributed by atoms with Crippen molar-refractivity contribution < 1.29 is 13.9 Å². The molecule has 1 aromatic heterocycles. The van der Waals surface area contributed by atoms with Gasteiger partial charge in [0.15, 0.2) is 5.96 Å². The van der Waals surface area contributed by atoms with Gasteiger partial charge < -0.3 is 24.5 Å². The molecule has 1 aliphatic rings. The fourth-order valence-electron chi connectivity index (χ4n) is 3.36. The average Bonchev–Trinajstić information content (AvgIpc) is 3.31. The summed E-state index contributed by atoms with van der Waals surface area (Å²) in [5.41, 5.74) is 1.27. The number of furan rings is 1. The number of ether oxygens (including phenoxy) is 2. The SMILES string of the molecule is COc1ccc(CCNC(=NCCCN2CCOCC2)NCCc2ccco2)cc1.I. The minimum atomic E-state index is 0. The van der Waals surface area contributed by atoms with E-state index in [2.05, 4.69) is 27.7 Å². The number of hydrogen-bond donors (Lipinski definition) is 2. The number of guanidine groups is 1. The van der Waals surface area contributed by atoms with E-state index in [1.165, 1.54) is 5.56 Å². The van der Waals surface area contributed by atoms with Crippen LogP contribution in [0, 0.1) is 0 Å². The van der Waals surface area contributed by atoms with Crippen LogP contribution in [0.2, 0.25) is 0 Å². The zero-order chi connectivity index (χ0) is 20.9. The van der Waals surface area contributed by atoms with Gasteiger partial charge in [-0.25, -0.2) is 0 Å².